The van der Waals surface area contributed by atoms with E-state index in [1.54, 1.807) is 0 Å². The first-order valence-corrected chi connectivity index (χ1v) is 9.86. The third-order valence-corrected chi connectivity index (χ3v) is 5.83. The molecule has 1 aromatic carbocycles. The van der Waals surface area contributed by atoms with Gasteiger partial charge >= 0.3 is 6.18 Å². The predicted octanol–water partition coefficient (Wildman–Crippen LogP) is 2.95. The summed E-state index contributed by atoms with van der Waals surface area (Å²) < 4.78 is 61.1. The SMILES string of the molecule is O=C(Nc1cccc(C(F)(F)F)c1)c1ccc(NC2CCS(=O)(=O)C2)nc1. The van der Waals surface area contributed by atoms with Crippen LogP contribution in [0.5, 0.6) is 0 Å². The molecule has 1 unspecified atom stereocenters. The second-order valence-electron chi connectivity index (χ2n) is 6.21. The Hall–Kier alpha value is -2.62. The van der Waals surface area contributed by atoms with Crippen LogP contribution in [0.4, 0.5) is 24.7 Å². The molecule has 3 rings (SSSR count). The van der Waals surface area contributed by atoms with Gasteiger partial charge < -0.3 is 10.6 Å². The highest BCUT2D eigenvalue weighted by Crippen LogP contribution is 2.30. The van der Waals surface area contributed by atoms with E-state index in [4.69, 9.17) is 0 Å². The van der Waals surface area contributed by atoms with E-state index in [1.165, 1.54) is 30.5 Å². The van der Waals surface area contributed by atoms with E-state index in [1.807, 2.05) is 0 Å². The highest BCUT2D eigenvalue weighted by Gasteiger charge is 2.30. The van der Waals surface area contributed by atoms with Crippen LogP contribution in [-0.4, -0.2) is 36.9 Å². The second-order valence-corrected chi connectivity index (χ2v) is 8.44. The van der Waals surface area contributed by atoms with Crippen molar-refractivity contribution in [2.75, 3.05) is 22.1 Å². The normalized spacial score (nSPS) is 18.9. The largest absolute Gasteiger partial charge is 0.416 e. The van der Waals surface area contributed by atoms with Gasteiger partial charge in [0.1, 0.15) is 5.82 Å². The standard InChI is InChI=1S/C17H16F3N3O3S/c18-17(19,20)12-2-1-3-13(8-12)23-16(24)11-4-5-15(21-9-11)22-14-6-7-27(25,26)10-14/h1-5,8-9,14H,6-7,10H2,(H,21,22)(H,23,24). The molecule has 10 heteroatoms. The van der Waals surface area contributed by atoms with E-state index < -0.39 is 27.5 Å². The molecule has 1 fully saturated rings. The zero-order valence-electron chi connectivity index (χ0n) is 14.0. The smallest absolute Gasteiger partial charge is 0.366 e. The Morgan fingerprint density at radius 1 is 1.19 bits per heavy atom. The molecule has 0 bridgehead atoms. The molecule has 2 heterocycles. The highest BCUT2D eigenvalue weighted by atomic mass is 32.2. The Morgan fingerprint density at radius 3 is 2.56 bits per heavy atom. The number of hydrogen-bond acceptors (Lipinski definition) is 5. The monoisotopic (exact) mass is 399 g/mol. The first-order valence-electron chi connectivity index (χ1n) is 8.04. The molecule has 0 radical (unpaired) electrons. The summed E-state index contributed by atoms with van der Waals surface area (Å²) in [5.41, 5.74) is -0.672. The van der Waals surface area contributed by atoms with Gasteiger partial charge in [-0.15, -0.1) is 0 Å². The molecule has 2 N–H and O–H groups in total. The maximum atomic E-state index is 12.7. The van der Waals surface area contributed by atoms with E-state index in [0.29, 0.717) is 12.2 Å². The van der Waals surface area contributed by atoms with Gasteiger partial charge in [-0.1, -0.05) is 6.07 Å². The predicted molar refractivity (Wildman–Crippen MR) is 94.3 cm³/mol. The molecule has 1 atom stereocenters. The van der Waals surface area contributed by atoms with Crippen LogP contribution in [0.1, 0.15) is 22.3 Å². The number of halogens is 3. The number of pyridine rings is 1. The number of benzene rings is 1. The number of sulfone groups is 1. The minimum Gasteiger partial charge on any atom is -0.366 e. The average molecular weight is 399 g/mol. The number of amides is 1. The van der Waals surface area contributed by atoms with E-state index in [0.717, 1.165) is 12.1 Å². The van der Waals surface area contributed by atoms with Crippen molar-refractivity contribution >= 4 is 27.2 Å². The minimum absolute atomic E-state index is 0.0215. The lowest BCUT2D eigenvalue weighted by Gasteiger charge is -2.12. The Labute approximate surface area is 153 Å². The van der Waals surface area contributed by atoms with Gasteiger partial charge in [-0.05, 0) is 36.8 Å². The number of nitrogens with zero attached hydrogens (tertiary/aromatic N) is 1. The highest BCUT2D eigenvalue weighted by molar-refractivity contribution is 7.91. The first-order chi connectivity index (χ1) is 12.6. The molecule has 1 aliphatic rings. The molecule has 0 spiro atoms. The molecule has 6 nitrogen and oxygen atoms in total. The van der Waals surface area contributed by atoms with Crippen LogP contribution < -0.4 is 10.6 Å². The summed E-state index contributed by atoms with van der Waals surface area (Å²) in [6.07, 6.45) is -2.74. The zero-order chi connectivity index (χ0) is 19.7. The van der Waals surface area contributed by atoms with Crippen LogP contribution in [0, 0.1) is 0 Å². The minimum atomic E-state index is -4.50. The van der Waals surface area contributed by atoms with Crippen LogP contribution >= 0.6 is 0 Å². The zero-order valence-corrected chi connectivity index (χ0v) is 14.8. The number of hydrogen-bond donors (Lipinski definition) is 2. The van der Waals surface area contributed by atoms with Crippen molar-refractivity contribution < 1.29 is 26.4 Å². The number of rotatable bonds is 4. The van der Waals surface area contributed by atoms with Crippen LogP contribution in [0.3, 0.4) is 0 Å². The number of aromatic nitrogens is 1. The summed E-state index contributed by atoms with van der Waals surface area (Å²) in [6, 6.07) is 7.08. The molecule has 1 aliphatic heterocycles. The van der Waals surface area contributed by atoms with Gasteiger partial charge in [-0.25, -0.2) is 13.4 Å². The third-order valence-electron chi connectivity index (χ3n) is 4.06. The van der Waals surface area contributed by atoms with Crippen molar-refractivity contribution in [3.63, 3.8) is 0 Å². The molecular formula is C17H16F3N3O3S. The fourth-order valence-electron chi connectivity index (χ4n) is 2.71. The van der Waals surface area contributed by atoms with E-state index in [-0.39, 0.29) is 28.8 Å². The number of nitrogens with one attached hydrogen (secondary N) is 2. The molecular weight excluding hydrogens is 383 g/mol. The molecule has 144 valence electrons. The average Bonchev–Trinajstić information content (AvgIpc) is 2.93. The summed E-state index contributed by atoms with van der Waals surface area (Å²) in [7, 11) is -3.02. The Balaban J connectivity index is 1.64. The van der Waals surface area contributed by atoms with Crippen molar-refractivity contribution in [1.29, 1.82) is 0 Å². The Kier molecular flexibility index (Phi) is 5.09. The molecule has 1 aromatic heterocycles. The lowest BCUT2D eigenvalue weighted by molar-refractivity contribution is -0.137. The topological polar surface area (TPSA) is 88.2 Å². The summed E-state index contributed by atoms with van der Waals surface area (Å²) >= 11 is 0. The van der Waals surface area contributed by atoms with E-state index >= 15 is 0 Å². The quantitative estimate of drug-likeness (QED) is 0.825. The van der Waals surface area contributed by atoms with Crippen LogP contribution in [-0.2, 0) is 16.0 Å². The first kappa shape index (κ1) is 19.2. The molecule has 0 saturated carbocycles. The van der Waals surface area contributed by atoms with Gasteiger partial charge in [0.15, 0.2) is 9.84 Å². The van der Waals surface area contributed by atoms with Crippen LogP contribution in [0.2, 0.25) is 0 Å². The Bertz CT molecular complexity index is 944. The lowest BCUT2D eigenvalue weighted by atomic mass is 10.2. The summed E-state index contributed by atoms with van der Waals surface area (Å²) in [5, 5.41) is 5.38. The summed E-state index contributed by atoms with van der Waals surface area (Å²) in [5.74, 6) is -0.0150. The van der Waals surface area contributed by atoms with Gasteiger partial charge in [-0.3, -0.25) is 4.79 Å². The molecule has 2 aromatic rings. The van der Waals surface area contributed by atoms with Crippen molar-refractivity contribution in [1.82, 2.24) is 4.98 Å². The fourth-order valence-corrected chi connectivity index (χ4v) is 4.38. The van der Waals surface area contributed by atoms with Gasteiger partial charge in [0.2, 0.25) is 0 Å². The number of carbonyl (C=O) groups excluding carboxylic acids is 1. The molecule has 1 amide bonds. The summed E-state index contributed by atoms with van der Waals surface area (Å²) in [4.78, 5) is 16.2. The van der Waals surface area contributed by atoms with E-state index in [9.17, 15) is 26.4 Å². The number of carbonyl (C=O) groups is 1. The third kappa shape index (κ3) is 4.97. The van der Waals surface area contributed by atoms with Gasteiger partial charge in [0.25, 0.3) is 5.91 Å². The lowest BCUT2D eigenvalue weighted by Crippen LogP contribution is -2.21. The maximum Gasteiger partial charge on any atom is 0.416 e. The van der Waals surface area contributed by atoms with Crippen molar-refractivity contribution in [3.8, 4) is 0 Å². The van der Waals surface area contributed by atoms with Crippen LogP contribution in [0.25, 0.3) is 0 Å². The molecule has 0 aliphatic carbocycles. The number of alkyl halides is 3. The van der Waals surface area contributed by atoms with Crippen LogP contribution in [0.15, 0.2) is 42.6 Å². The second kappa shape index (κ2) is 7.18. The van der Waals surface area contributed by atoms with Gasteiger partial charge in [0, 0.05) is 17.9 Å². The maximum absolute atomic E-state index is 12.7. The molecule has 27 heavy (non-hydrogen) atoms. The van der Waals surface area contributed by atoms with Crippen molar-refractivity contribution in [3.05, 3.63) is 53.7 Å². The van der Waals surface area contributed by atoms with Crippen molar-refractivity contribution in [2.24, 2.45) is 0 Å². The molecule has 1 saturated heterocycles. The Morgan fingerprint density at radius 2 is 1.96 bits per heavy atom. The fraction of sp³-hybridized carbons (Fsp3) is 0.294. The number of anilines is 2. The summed E-state index contributed by atoms with van der Waals surface area (Å²) in [6.45, 7) is 0. The van der Waals surface area contributed by atoms with Crippen molar-refractivity contribution in [2.45, 2.75) is 18.6 Å². The van der Waals surface area contributed by atoms with E-state index in [2.05, 4.69) is 15.6 Å². The van der Waals surface area contributed by atoms with Gasteiger partial charge in [0.05, 0.1) is 22.6 Å². The van der Waals surface area contributed by atoms with Gasteiger partial charge in [-0.2, -0.15) is 13.2 Å².